The summed E-state index contributed by atoms with van der Waals surface area (Å²) in [5.41, 5.74) is 5.67. The van der Waals surface area contributed by atoms with Crippen LogP contribution >= 0.6 is 27.5 Å². The zero-order valence-electron chi connectivity index (χ0n) is 6.67. The van der Waals surface area contributed by atoms with Crippen LogP contribution in [0.25, 0.3) is 0 Å². The Morgan fingerprint density at radius 1 is 1.77 bits per heavy atom. The standard InChI is InChI=1S/C7H6BrClN2O2/c1-13-7(12)6-5(10)4(9)3(8)2-11-6/h2H,10H2,1H3. The molecule has 0 aromatic carbocycles. The van der Waals surface area contributed by atoms with Gasteiger partial charge in [0, 0.05) is 6.20 Å². The lowest BCUT2D eigenvalue weighted by Crippen LogP contribution is -2.08. The minimum absolute atomic E-state index is 0.0238. The highest BCUT2D eigenvalue weighted by atomic mass is 79.9. The molecule has 0 radical (unpaired) electrons. The van der Waals surface area contributed by atoms with Gasteiger partial charge in [0.05, 0.1) is 22.3 Å². The number of anilines is 1. The zero-order valence-corrected chi connectivity index (χ0v) is 9.02. The summed E-state index contributed by atoms with van der Waals surface area (Å²) in [6.07, 6.45) is 1.39. The number of nitrogens with zero attached hydrogens (tertiary/aromatic N) is 1. The van der Waals surface area contributed by atoms with Gasteiger partial charge >= 0.3 is 5.97 Å². The lowest BCUT2D eigenvalue weighted by Gasteiger charge is -2.04. The minimum atomic E-state index is -0.605. The topological polar surface area (TPSA) is 65.2 Å². The summed E-state index contributed by atoms with van der Waals surface area (Å²) in [5, 5.41) is 0.260. The summed E-state index contributed by atoms with van der Waals surface area (Å²) in [6.45, 7) is 0. The minimum Gasteiger partial charge on any atom is -0.464 e. The molecule has 0 aliphatic heterocycles. The zero-order chi connectivity index (χ0) is 10.0. The molecule has 13 heavy (non-hydrogen) atoms. The molecule has 0 atom stereocenters. The first kappa shape index (κ1) is 10.3. The molecule has 2 N–H and O–H groups in total. The molecule has 0 spiro atoms. The van der Waals surface area contributed by atoms with Gasteiger partial charge in [-0.3, -0.25) is 0 Å². The number of methoxy groups -OCH3 is 1. The highest BCUT2D eigenvalue weighted by molar-refractivity contribution is 9.10. The Kier molecular flexibility index (Phi) is 3.11. The molecule has 4 nitrogen and oxygen atoms in total. The van der Waals surface area contributed by atoms with Gasteiger partial charge in [0.15, 0.2) is 5.69 Å². The van der Waals surface area contributed by atoms with Crippen molar-refractivity contribution >= 4 is 39.2 Å². The van der Waals surface area contributed by atoms with E-state index in [-0.39, 0.29) is 16.4 Å². The molecule has 0 unspecified atom stereocenters. The molecular weight excluding hydrogens is 259 g/mol. The number of hydrogen-bond donors (Lipinski definition) is 1. The maximum atomic E-state index is 11.1. The fourth-order valence-electron chi connectivity index (χ4n) is 0.739. The van der Waals surface area contributed by atoms with Crippen LogP contribution in [0.15, 0.2) is 10.7 Å². The van der Waals surface area contributed by atoms with Crippen LogP contribution in [0.3, 0.4) is 0 Å². The maximum Gasteiger partial charge on any atom is 0.358 e. The normalized spacial score (nSPS) is 9.77. The number of nitrogen functional groups attached to an aromatic ring is 1. The van der Waals surface area contributed by atoms with Gasteiger partial charge in [0.1, 0.15) is 0 Å². The van der Waals surface area contributed by atoms with Gasteiger partial charge in [0.2, 0.25) is 0 Å². The Hall–Kier alpha value is -0.810. The molecular formula is C7H6BrClN2O2. The third-order valence-electron chi connectivity index (χ3n) is 1.39. The molecule has 1 aromatic rings. The molecule has 0 aliphatic rings. The quantitative estimate of drug-likeness (QED) is 0.787. The van der Waals surface area contributed by atoms with Crippen LogP contribution in [0, 0.1) is 0 Å². The van der Waals surface area contributed by atoms with Crippen molar-refractivity contribution in [2.75, 3.05) is 12.8 Å². The summed E-state index contributed by atoms with van der Waals surface area (Å²) in [7, 11) is 1.25. The van der Waals surface area contributed by atoms with Crippen molar-refractivity contribution < 1.29 is 9.53 Å². The highest BCUT2D eigenvalue weighted by Crippen LogP contribution is 2.29. The summed E-state index contributed by atoms with van der Waals surface area (Å²) in [5.74, 6) is -0.605. The first-order valence-corrected chi connectivity index (χ1v) is 4.42. The summed E-state index contributed by atoms with van der Waals surface area (Å²) < 4.78 is 5.00. The van der Waals surface area contributed by atoms with Gasteiger partial charge in [-0.1, -0.05) is 11.6 Å². The molecule has 1 heterocycles. The molecule has 0 fully saturated rings. The number of ether oxygens (including phenoxy) is 1. The Balaban J connectivity index is 3.26. The molecule has 0 bridgehead atoms. The van der Waals surface area contributed by atoms with Crippen LogP contribution < -0.4 is 5.73 Å². The van der Waals surface area contributed by atoms with E-state index in [0.29, 0.717) is 4.47 Å². The van der Waals surface area contributed by atoms with Crippen LogP contribution in [0.2, 0.25) is 5.02 Å². The highest BCUT2D eigenvalue weighted by Gasteiger charge is 2.15. The number of nitrogens with two attached hydrogens (primary N) is 1. The van der Waals surface area contributed by atoms with Crippen molar-refractivity contribution in [3.63, 3.8) is 0 Å². The molecule has 70 valence electrons. The van der Waals surface area contributed by atoms with E-state index in [9.17, 15) is 4.79 Å². The number of carbonyl (C=O) groups excluding carboxylic acids is 1. The van der Waals surface area contributed by atoms with E-state index in [1.165, 1.54) is 13.3 Å². The lowest BCUT2D eigenvalue weighted by atomic mass is 10.3. The van der Waals surface area contributed by atoms with Crippen molar-refractivity contribution in [3.8, 4) is 0 Å². The lowest BCUT2D eigenvalue weighted by molar-refractivity contribution is 0.0595. The first-order chi connectivity index (χ1) is 6.07. The van der Waals surface area contributed by atoms with Gasteiger partial charge < -0.3 is 10.5 Å². The first-order valence-electron chi connectivity index (χ1n) is 3.25. The molecule has 6 heteroatoms. The Bertz CT molecular complexity index is 357. The summed E-state index contributed by atoms with van der Waals surface area (Å²) >= 11 is 8.89. The van der Waals surface area contributed by atoms with Crippen LogP contribution in [0.5, 0.6) is 0 Å². The summed E-state index contributed by atoms with van der Waals surface area (Å²) in [6, 6.07) is 0. The van der Waals surface area contributed by atoms with Crippen LogP contribution in [-0.2, 0) is 4.74 Å². The van der Waals surface area contributed by atoms with E-state index in [2.05, 4.69) is 25.7 Å². The van der Waals surface area contributed by atoms with Crippen molar-refractivity contribution in [2.45, 2.75) is 0 Å². The number of esters is 1. The number of halogens is 2. The number of pyridine rings is 1. The van der Waals surface area contributed by atoms with E-state index in [4.69, 9.17) is 17.3 Å². The molecule has 0 amide bonds. The van der Waals surface area contributed by atoms with Gasteiger partial charge in [-0.2, -0.15) is 0 Å². The van der Waals surface area contributed by atoms with E-state index in [0.717, 1.165) is 0 Å². The third-order valence-corrected chi connectivity index (χ3v) is 2.62. The predicted molar refractivity (Wildman–Crippen MR) is 52.7 cm³/mol. The Labute approximate surface area is 88.2 Å². The largest absolute Gasteiger partial charge is 0.464 e. The van der Waals surface area contributed by atoms with E-state index in [1.54, 1.807) is 0 Å². The number of carbonyl (C=O) groups is 1. The van der Waals surface area contributed by atoms with E-state index >= 15 is 0 Å². The molecule has 1 aromatic heterocycles. The average Bonchev–Trinajstić information content (AvgIpc) is 2.13. The van der Waals surface area contributed by atoms with Gasteiger partial charge in [-0.15, -0.1) is 0 Å². The SMILES string of the molecule is COC(=O)c1ncc(Br)c(Cl)c1N. The predicted octanol–water partition coefficient (Wildman–Crippen LogP) is 1.87. The monoisotopic (exact) mass is 264 g/mol. The van der Waals surface area contributed by atoms with E-state index < -0.39 is 5.97 Å². The van der Waals surface area contributed by atoms with Crippen molar-refractivity contribution in [1.82, 2.24) is 4.98 Å². The van der Waals surface area contributed by atoms with Gasteiger partial charge in [-0.05, 0) is 15.9 Å². The fraction of sp³-hybridized carbons (Fsp3) is 0.143. The fourth-order valence-corrected chi connectivity index (χ4v) is 1.19. The van der Waals surface area contributed by atoms with Crippen molar-refractivity contribution in [2.24, 2.45) is 0 Å². The molecule has 0 saturated carbocycles. The van der Waals surface area contributed by atoms with Gasteiger partial charge in [-0.25, -0.2) is 9.78 Å². The van der Waals surface area contributed by atoms with E-state index in [1.807, 2.05) is 0 Å². The molecule has 0 aliphatic carbocycles. The second-order valence-corrected chi connectivity index (χ2v) is 3.41. The Morgan fingerprint density at radius 3 is 2.92 bits per heavy atom. The number of hydrogen-bond acceptors (Lipinski definition) is 4. The summed E-state index contributed by atoms with van der Waals surface area (Å²) in [4.78, 5) is 14.8. The van der Waals surface area contributed by atoms with Gasteiger partial charge in [0.25, 0.3) is 0 Å². The maximum absolute atomic E-state index is 11.1. The second kappa shape index (κ2) is 3.93. The van der Waals surface area contributed by atoms with Crippen molar-refractivity contribution in [3.05, 3.63) is 21.4 Å². The second-order valence-electron chi connectivity index (χ2n) is 2.17. The average molecular weight is 265 g/mol. The van der Waals surface area contributed by atoms with Crippen LogP contribution in [0.4, 0.5) is 5.69 Å². The Morgan fingerprint density at radius 2 is 2.38 bits per heavy atom. The molecule has 1 rings (SSSR count). The smallest absolute Gasteiger partial charge is 0.358 e. The van der Waals surface area contributed by atoms with Crippen LogP contribution in [0.1, 0.15) is 10.5 Å². The van der Waals surface area contributed by atoms with Crippen LogP contribution in [-0.4, -0.2) is 18.1 Å². The number of rotatable bonds is 1. The molecule has 0 saturated heterocycles. The number of aromatic nitrogens is 1. The van der Waals surface area contributed by atoms with Crippen molar-refractivity contribution in [1.29, 1.82) is 0 Å². The third kappa shape index (κ3) is 1.92.